The van der Waals surface area contributed by atoms with Gasteiger partial charge in [-0.3, -0.25) is 0 Å². The van der Waals surface area contributed by atoms with Crippen LogP contribution < -0.4 is 5.76 Å². The van der Waals surface area contributed by atoms with Crippen LogP contribution >= 0.6 is 19.8 Å². The first-order chi connectivity index (χ1) is 8.40. The molecule has 1 aromatic heterocycles. The van der Waals surface area contributed by atoms with Crippen LogP contribution in [-0.2, 0) is 6.54 Å². The van der Waals surface area contributed by atoms with E-state index in [4.69, 9.17) is 0 Å². The van der Waals surface area contributed by atoms with E-state index in [2.05, 4.69) is 4.42 Å². The third-order valence-electron chi connectivity index (χ3n) is 2.45. The van der Waals surface area contributed by atoms with Gasteiger partial charge < -0.3 is 0 Å². The van der Waals surface area contributed by atoms with Gasteiger partial charge in [-0.1, -0.05) is 0 Å². The number of hydrogen-bond acceptors (Lipinski definition) is 2. The quantitative estimate of drug-likeness (QED) is 0.613. The van der Waals surface area contributed by atoms with Gasteiger partial charge in [-0.15, -0.1) is 0 Å². The Kier molecular flexibility index (Phi) is 3.69. The second-order valence-corrected chi connectivity index (χ2v) is 9.42. The van der Waals surface area contributed by atoms with Crippen molar-refractivity contribution >= 4 is 30.9 Å². The molecule has 3 nitrogen and oxygen atoms in total. The zero-order valence-corrected chi connectivity index (χ0v) is 11.9. The molecule has 0 aliphatic rings. The zero-order chi connectivity index (χ0) is 13.4. The molecule has 0 aliphatic carbocycles. The first-order valence-corrected chi connectivity index (χ1v) is 10.4. The van der Waals surface area contributed by atoms with Crippen LogP contribution in [0.5, 0.6) is 0 Å². The van der Waals surface area contributed by atoms with Crippen molar-refractivity contribution < 1.29 is 17.6 Å². The monoisotopic (exact) mass is 373 g/mol. The summed E-state index contributed by atoms with van der Waals surface area (Å²) >= 11 is -1.46. The van der Waals surface area contributed by atoms with E-state index in [1.165, 1.54) is 6.07 Å². The van der Waals surface area contributed by atoms with E-state index in [-0.39, 0.29) is 11.1 Å². The maximum atomic E-state index is 13.7. The fourth-order valence-electron chi connectivity index (χ4n) is 1.62. The van der Waals surface area contributed by atoms with Crippen molar-refractivity contribution in [2.45, 2.75) is 13.0 Å². The van der Waals surface area contributed by atoms with Crippen molar-refractivity contribution in [1.82, 2.24) is 4.57 Å². The van der Waals surface area contributed by atoms with Gasteiger partial charge in [-0.2, -0.15) is 0 Å². The van der Waals surface area contributed by atoms with Crippen molar-refractivity contribution in [3.05, 3.63) is 32.1 Å². The number of aromatic nitrogens is 1. The molecule has 0 saturated heterocycles. The van der Waals surface area contributed by atoms with Gasteiger partial charge in [0.25, 0.3) is 0 Å². The van der Waals surface area contributed by atoms with Gasteiger partial charge >= 0.3 is 108 Å². The normalized spacial score (nSPS) is 12.4. The molecule has 7 heteroatoms. The molecular formula is C11H11F3INO2. The number of halogens is 4. The minimum absolute atomic E-state index is 0.112. The molecule has 2 rings (SSSR count). The average molecular weight is 373 g/mol. The van der Waals surface area contributed by atoms with Crippen LogP contribution in [0.2, 0.25) is 0 Å². The van der Waals surface area contributed by atoms with E-state index in [1.807, 2.05) is 9.86 Å². The van der Waals surface area contributed by atoms with Crippen LogP contribution in [0.3, 0.4) is 0 Å². The standard InChI is InChI=1S/C11H11F3INO2/c1-15(2)6-3-7(12)10-8(4-6)16(5-9(13)14)11(17)18-10/h3-4,9H,5H2,1-2H3. The predicted molar refractivity (Wildman–Crippen MR) is 71.0 cm³/mol. The summed E-state index contributed by atoms with van der Waals surface area (Å²) < 4.78 is 44.7. The van der Waals surface area contributed by atoms with Gasteiger partial charge in [0.2, 0.25) is 0 Å². The van der Waals surface area contributed by atoms with Crippen LogP contribution in [-0.4, -0.2) is 20.9 Å². The number of hydrogen-bond donors (Lipinski definition) is 0. The Hall–Kier alpha value is -0.990. The number of alkyl halides is 4. The Labute approximate surface area is 108 Å². The summed E-state index contributed by atoms with van der Waals surface area (Å²) in [6.45, 7) is -0.781. The SMILES string of the molecule is CI(C)c1cc(F)c2oc(=O)n(CC(F)F)c2c1. The fraction of sp³-hybridized carbons (Fsp3) is 0.364. The molecule has 0 atom stereocenters. The molecule has 0 spiro atoms. The number of oxazole rings is 1. The molecule has 18 heavy (non-hydrogen) atoms. The first-order valence-electron chi connectivity index (χ1n) is 5.01. The molecule has 0 fully saturated rings. The third kappa shape index (κ3) is 2.40. The van der Waals surface area contributed by atoms with Crippen molar-refractivity contribution in [3.63, 3.8) is 0 Å². The van der Waals surface area contributed by atoms with E-state index >= 15 is 0 Å². The van der Waals surface area contributed by atoms with Gasteiger partial charge in [0, 0.05) is 0 Å². The fourth-order valence-corrected chi connectivity index (χ4v) is 3.43. The number of nitrogens with zero attached hydrogens (tertiary/aromatic N) is 1. The third-order valence-corrected chi connectivity index (χ3v) is 5.56. The van der Waals surface area contributed by atoms with E-state index in [0.717, 1.165) is 8.14 Å². The minimum atomic E-state index is -2.69. The van der Waals surface area contributed by atoms with Gasteiger partial charge in [-0.05, 0) is 0 Å². The number of benzene rings is 1. The van der Waals surface area contributed by atoms with Crippen molar-refractivity contribution in [2.24, 2.45) is 0 Å². The molecule has 1 heterocycles. The number of fused-ring (bicyclic) bond motifs is 1. The molecular weight excluding hydrogens is 362 g/mol. The summed E-state index contributed by atoms with van der Waals surface area (Å²) in [6, 6.07) is 2.90. The summed E-state index contributed by atoms with van der Waals surface area (Å²) in [6.07, 6.45) is -2.69. The van der Waals surface area contributed by atoms with Crippen LogP contribution in [0.4, 0.5) is 13.2 Å². The second-order valence-electron chi connectivity index (χ2n) is 3.86. The summed E-state index contributed by atoms with van der Waals surface area (Å²) in [7, 11) is 0. The zero-order valence-electron chi connectivity index (χ0n) is 9.71. The summed E-state index contributed by atoms with van der Waals surface area (Å²) in [5.74, 6) is -1.62. The molecule has 0 amide bonds. The molecule has 0 saturated carbocycles. The molecule has 0 N–H and O–H groups in total. The molecule has 0 radical (unpaired) electrons. The molecule has 2 aromatic rings. The molecule has 100 valence electrons. The van der Waals surface area contributed by atoms with E-state index in [1.54, 1.807) is 6.07 Å². The Balaban J connectivity index is 2.71. The van der Waals surface area contributed by atoms with Crippen LogP contribution in [0, 0.1) is 9.39 Å². The van der Waals surface area contributed by atoms with Crippen LogP contribution in [0.15, 0.2) is 21.3 Å². The van der Waals surface area contributed by atoms with E-state index in [9.17, 15) is 18.0 Å². The Morgan fingerprint density at radius 3 is 2.61 bits per heavy atom. The van der Waals surface area contributed by atoms with Gasteiger partial charge in [0.15, 0.2) is 0 Å². The maximum absolute atomic E-state index is 13.7. The Morgan fingerprint density at radius 2 is 2.06 bits per heavy atom. The van der Waals surface area contributed by atoms with Gasteiger partial charge in [0.1, 0.15) is 0 Å². The van der Waals surface area contributed by atoms with Gasteiger partial charge in [0.05, 0.1) is 0 Å². The Bertz CT molecular complexity index is 633. The first kappa shape index (κ1) is 13.4. The summed E-state index contributed by atoms with van der Waals surface area (Å²) in [5.41, 5.74) is -0.136. The predicted octanol–water partition coefficient (Wildman–Crippen LogP) is 2.93. The molecule has 0 bridgehead atoms. The summed E-state index contributed by atoms with van der Waals surface area (Å²) in [4.78, 5) is 15.4. The summed E-state index contributed by atoms with van der Waals surface area (Å²) in [5, 5.41) is 0. The average Bonchev–Trinajstić information content (AvgIpc) is 2.56. The topological polar surface area (TPSA) is 35.1 Å². The molecule has 0 aliphatic heterocycles. The molecule has 0 unspecified atom stereocenters. The van der Waals surface area contributed by atoms with Crippen LogP contribution in [0.25, 0.3) is 11.1 Å². The Morgan fingerprint density at radius 1 is 1.39 bits per heavy atom. The number of rotatable bonds is 3. The molecule has 1 aromatic carbocycles. The second kappa shape index (κ2) is 4.94. The van der Waals surface area contributed by atoms with E-state index in [0.29, 0.717) is 0 Å². The van der Waals surface area contributed by atoms with Crippen molar-refractivity contribution in [1.29, 1.82) is 0 Å². The van der Waals surface area contributed by atoms with Gasteiger partial charge in [-0.25, -0.2) is 0 Å². The van der Waals surface area contributed by atoms with E-state index < -0.39 is 44.4 Å². The van der Waals surface area contributed by atoms with Crippen molar-refractivity contribution in [3.8, 4) is 0 Å². The van der Waals surface area contributed by atoms with Crippen LogP contribution in [0.1, 0.15) is 0 Å². The van der Waals surface area contributed by atoms with Crippen molar-refractivity contribution in [2.75, 3.05) is 9.86 Å².